The van der Waals surface area contributed by atoms with Crippen LogP contribution in [0.25, 0.3) is 0 Å². The van der Waals surface area contributed by atoms with Gasteiger partial charge in [-0.25, -0.2) is 0 Å². The zero-order valence-corrected chi connectivity index (χ0v) is 9.04. The van der Waals surface area contributed by atoms with Gasteiger partial charge in [-0.3, -0.25) is 4.79 Å². The molecule has 1 N–H and O–H groups in total. The zero-order chi connectivity index (χ0) is 13.1. The van der Waals surface area contributed by atoms with Crippen molar-refractivity contribution in [1.82, 2.24) is 0 Å². The normalized spacial score (nSPS) is 11.3. The van der Waals surface area contributed by atoms with Gasteiger partial charge in [-0.2, -0.15) is 0 Å². The third kappa shape index (κ3) is 4.76. The average Bonchev–Trinajstić information content (AvgIpc) is 2.17. The van der Waals surface area contributed by atoms with Crippen LogP contribution in [0.15, 0.2) is 18.2 Å². The minimum Gasteiger partial charge on any atom is -0.481 e. The molecule has 94 valence electrons. The van der Waals surface area contributed by atoms with Crippen LogP contribution in [0.3, 0.4) is 0 Å². The number of ether oxygens (including phenoxy) is 1. The van der Waals surface area contributed by atoms with E-state index < -0.39 is 12.3 Å². The number of alkyl halides is 3. The number of benzene rings is 1. The molecular formula is C11H11F3O3. The molecule has 0 aliphatic rings. The van der Waals surface area contributed by atoms with Gasteiger partial charge in [0.25, 0.3) is 0 Å². The first kappa shape index (κ1) is 13.3. The van der Waals surface area contributed by atoms with E-state index in [1.807, 2.05) is 0 Å². The Morgan fingerprint density at radius 1 is 1.41 bits per heavy atom. The van der Waals surface area contributed by atoms with Crippen LogP contribution in [0.4, 0.5) is 13.2 Å². The van der Waals surface area contributed by atoms with Gasteiger partial charge >= 0.3 is 12.3 Å². The van der Waals surface area contributed by atoms with Crippen molar-refractivity contribution >= 4 is 5.97 Å². The van der Waals surface area contributed by atoms with Crippen LogP contribution in [0.1, 0.15) is 17.5 Å². The number of carboxylic acids is 1. The SMILES string of the molecule is Cc1ccc(CCC(=O)O)cc1OC(F)(F)F. The van der Waals surface area contributed by atoms with E-state index in [0.29, 0.717) is 11.1 Å². The van der Waals surface area contributed by atoms with Gasteiger partial charge in [-0.1, -0.05) is 12.1 Å². The Bertz CT molecular complexity index is 413. The summed E-state index contributed by atoms with van der Waals surface area (Å²) in [6.07, 6.45) is -4.70. The van der Waals surface area contributed by atoms with Crippen molar-refractivity contribution in [3.05, 3.63) is 29.3 Å². The molecule has 3 nitrogen and oxygen atoms in total. The lowest BCUT2D eigenvalue weighted by Gasteiger charge is -2.12. The molecule has 0 spiro atoms. The summed E-state index contributed by atoms with van der Waals surface area (Å²) >= 11 is 0. The van der Waals surface area contributed by atoms with Gasteiger partial charge in [0.05, 0.1) is 0 Å². The standard InChI is InChI=1S/C11H11F3O3/c1-7-2-3-8(4-5-10(15)16)6-9(7)17-11(12,13)14/h2-3,6H,4-5H2,1H3,(H,15,16). The van der Waals surface area contributed by atoms with Crippen molar-refractivity contribution in [2.45, 2.75) is 26.1 Å². The molecule has 0 atom stereocenters. The van der Waals surface area contributed by atoms with Crippen LogP contribution in [0, 0.1) is 6.92 Å². The molecule has 1 aromatic rings. The topological polar surface area (TPSA) is 46.5 Å². The fraction of sp³-hybridized carbons (Fsp3) is 0.364. The van der Waals surface area contributed by atoms with Gasteiger partial charge < -0.3 is 9.84 Å². The largest absolute Gasteiger partial charge is 0.573 e. The van der Waals surface area contributed by atoms with E-state index >= 15 is 0 Å². The van der Waals surface area contributed by atoms with Crippen molar-refractivity contribution in [3.8, 4) is 5.75 Å². The van der Waals surface area contributed by atoms with Crippen LogP contribution >= 0.6 is 0 Å². The number of hydrogen-bond donors (Lipinski definition) is 1. The summed E-state index contributed by atoms with van der Waals surface area (Å²) in [5, 5.41) is 8.47. The highest BCUT2D eigenvalue weighted by atomic mass is 19.4. The summed E-state index contributed by atoms with van der Waals surface area (Å²) in [7, 11) is 0. The Labute approximate surface area is 95.8 Å². The van der Waals surface area contributed by atoms with E-state index in [4.69, 9.17) is 5.11 Å². The number of halogens is 3. The van der Waals surface area contributed by atoms with E-state index in [2.05, 4.69) is 4.74 Å². The van der Waals surface area contributed by atoms with E-state index in [0.717, 1.165) is 0 Å². The average molecular weight is 248 g/mol. The molecular weight excluding hydrogens is 237 g/mol. The van der Waals surface area contributed by atoms with Crippen molar-refractivity contribution in [2.75, 3.05) is 0 Å². The molecule has 0 aliphatic heterocycles. The van der Waals surface area contributed by atoms with Crippen molar-refractivity contribution in [1.29, 1.82) is 0 Å². The van der Waals surface area contributed by atoms with Gasteiger partial charge in [0.2, 0.25) is 0 Å². The number of hydrogen-bond acceptors (Lipinski definition) is 2. The smallest absolute Gasteiger partial charge is 0.481 e. The first-order valence-corrected chi connectivity index (χ1v) is 4.85. The van der Waals surface area contributed by atoms with Crippen LogP contribution in [-0.2, 0) is 11.2 Å². The molecule has 6 heteroatoms. The van der Waals surface area contributed by atoms with E-state index in [1.54, 1.807) is 6.07 Å². The maximum atomic E-state index is 12.1. The van der Waals surface area contributed by atoms with Gasteiger partial charge in [-0.15, -0.1) is 13.2 Å². The molecule has 0 saturated carbocycles. The third-order valence-corrected chi connectivity index (χ3v) is 2.11. The molecule has 1 aromatic carbocycles. The lowest BCUT2D eigenvalue weighted by atomic mass is 10.1. The van der Waals surface area contributed by atoms with Gasteiger partial charge in [0.1, 0.15) is 5.75 Å². The van der Waals surface area contributed by atoms with Crippen molar-refractivity contribution < 1.29 is 27.8 Å². The number of carboxylic acid groups (broad SMARTS) is 1. The quantitative estimate of drug-likeness (QED) is 0.891. The molecule has 0 aliphatic carbocycles. The molecule has 0 saturated heterocycles. The number of aryl methyl sites for hydroxylation is 2. The Morgan fingerprint density at radius 2 is 2.06 bits per heavy atom. The maximum Gasteiger partial charge on any atom is 0.573 e. The van der Waals surface area contributed by atoms with Gasteiger partial charge in [-0.05, 0) is 30.5 Å². The fourth-order valence-electron chi connectivity index (χ4n) is 1.29. The van der Waals surface area contributed by atoms with Crippen LogP contribution in [0.5, 0.6) is 5.75 Å². The minimum absolute atomic E-state index is 0.130. The molecule has 0 amide bonds. The molecule has 0 bridgehead atoms. The second-order valence-electron chi connectivity index (χ2n) is 3.54. The minimum atomic E-state index is -4.74. The van der Waals surface area contributed by atoms with Crippen LogP contribution in [-0.4, -0.2) is 17.4 Å². The number of aliphatic carboxylic acids is 1. The highest BCUT2D eigenvalue weighted by Crippen LogP contribution is 2.27. The summed E-state index contributed by atoms with van der Waals surface area (Å²) in [4.78, 5) is 10.3. The molecule has 0 aromatic heterocycles. The highest BCUT2D eigenvalue weighted by Gasteiger charge is 2.31. The van der Waals surface area contributed by atoms with Crippen LogP contribution < -0.4 is 4.74 Å². The zero-order valence-electron chi connectivity index (χ0n) is 9.04. The Morgan fingerprint density at radius 3 is 2.59 bits per heavy atom. The first-order valence-electron chi connectivity index (χ1n) is 4.85. The molecule has 17 heavy (non-hydrogen) atoms. The predicted octanol–water partition coefficient (Wildman–Crippen LogP) is 2.91. The lowest BCUT2D eigenvalue weighted by Crippen LogP contribution is -2.18. The molecule has 0 heterocycles. The summed E-state index contributed by atoms with van der Waals surface area (Å²) in [6, 6.07) is 4.27. The van der Waals surface area contributed by atoms with Crippen molar-refractivity contribution in [2.24, 2.45) is 0 Å². The summed E-state index contributed by atoms with van der Waals surface area (Å²) in [5.41, 5.74) is 0.846. The second-order valence-corrected chi connectivity index (χ2v) is 3.54. The van der Waals surface area contributed by atoms with Crippen molar-refractivity contribution in [3.63, 3.8) is 0 Å². The number of rotatable bonds is 4. The molecule has 1 rings (SSSR count). The third-order valence-electron chi connectivity index (χ3n) is 2.11. The monoisotopic (exact) mass is 248 g/mol. The Balaban J connectivity index is 2.83. The first-order chi connectivity index (χ1) is 7.78. The second kappa shape index (κ2) is 5.07. The van der Waals surface area contributed by atoms with Crippen LogP contribution in [0.2, 0.25) is 0 Å². The van der Waals surface area contributed by atoms with E-state index in [1.165, 1.54) is 19.1 Å². The highest BCUT2D eigenvalue weighted by molar-refractivity contribution is 5.67. The summed E-state index contributed by atoms with van der Waals surface area (Å²) in [5.74, 6) is -1.29. The van der Waals surface area contributed by atoms with E-state index in [9.17, 15) is 18.0 Å². The predicted molar refractivity (Wildman–Crippen MR) is 53.8 cm³/mol. The Kier molecular flexibility index (Phi) is 3.98. The lowest BCUT2D eigenvalue weighted by molar-refractivity contribution is -0.274. The van der Waals surface area contributed by atoms with Gasteiger partial charge in [0.15, 0.2) is 0 Å². The number of carbonyl (C=O) groups is 1. The fourth-order valence-corrected chi connectivity index (χ4v) is 1.29. The molecule has 0 radical (unpaired) electrons. The Hall–Kier alpha value is -1.72. The molecule has 0 unspecified atom stereocenters. The molecule has 0 fully saturated rings. The summed E-state index contributed by atoms with van der Waals surface area (Å²) in [6.45, 7) is 1.49. The maximum absolute atomic E-state index is 12.1. The van der Waals surface area contributed by atoms with Gasteiger partial charge in [0, 0.05) is 6.42 Å². The van der Waals surface area contributed by atoms with E-state index in [-0.39, 0.29) is 18.6 Å². The summed E-state index contributed by atoms with van der Waals surface area (Å²) < 4.78 is 40.0.